The van der Waals surface area contributed by atoms with Crippen molar-refractivity contribution in [1.82, 2.24) is 4.57 Å². The highest BCUT2D eigenvalue weighted by Crippen LogP contribution is 2.21. The first-order valence-electron chi connectivity index (χ1n) is 5.20. The zero-order valence-corrected chi connectivity index (χ0v) is 9.14. The molecule has 4 nitrogen and oxygen atoms in total. The van der Waals surface area contributed by atoms with Crippen LogP contribution in [0.25, 0.3) is 10.9 Å². The van der Waals surface area contributed by atoms with Gasteiger partial charge in [0.2, 0.25) is 5.91 Å². The molecule has 2 aromatic rings. The molecule has 1 heterocycles. The van der Waals surface area contributed by atoms with E-state index in [9.17, 15) is 4.79 Å². The third-order valence-corrected chi connectivity index (χ3v) is 2.38. The predicted molar refractivity (Wildman–Crippen MR) is 62.3 cm³/mol. The van der Waals surface area contributed by atoms with Crippen molar-refractivity contribution >= 4 is 16.8 Å². The van der Waals surface area contributed by atoms with Crippen molar-refractivity contribution in [1.29, 1.82) is 0 Å². The normalized spacial score (nSPS) is 10.6. The van der Waals surface area contributed by atoms with Gasteiger partial charge in [-0.15, -0.1) is 0 Å². The molecule has 0 aliphatic carbocycles. The largest absolute Gasteiger partial charge is 0.494 e. The molecule has 0 bridgehead atoms. The number of amides is 1. The maximum atomic E-state index is 10.9. The first kappa shape index (κ1) is 10.5. The zero-order valence-electron chi connectivity index (χ0n) is 9.14. The van der Waals surface area contributed by atoms with Crippen molar-refractivity contribution in [3.8, 4) is 5.75 Å². The minimum absolute atomic E-state index is 0.206. The SMILES string of the molecule is CCOc1ccc2c(ccn2CC(N)=O)c1. The Morgan fingerprint density at radius 3 is 2.94 bits per heavy atom. The van der Waals surface area contributed by atoms with Crippen LogP contribution in [0.2, 0.25) is 0 Å². The van der Waals surface area contributed by atoms with E-state index in [2.05, 4.69) is 0 Å². The predicted octanol–water partition coefficient (Wildman–Crippen LogP) is 1.53. The van der Waals surface area contributed by atoms with Crippen molar-refractivity contribution in [2.24, 2.45) is 5.73 Å². The van der Waals surface area contributed by atoms with Gasteiger partial charge in [-0.1, -0.05) is 0 Å². The Kier molecular flexibility index (Phi) is 2.81. The number of nitrogens with two attached hydrogens (primary N) is 1. The first-order chi connectivity index (χ1) is 7.70. The summed E-state index contributed by atoms with van der Waals surface area (Å²) in [4.78, 5) is 10.9. The van der Waals surface area contributed by atoms with Crippen LogP contribution in [0.1, 0.15) is 6.92 Å². The van der Waals surface area contributed by atoms with Gasteiger partial charge in [0.25, 0.3) is 0 Å². The van der Waals surface area contributed by atoms with Crippen molar-refractivity contribution in [2.75, 3.05) is 6.61 Å². The van der Waals surface area contributed by atoms with Crippen molar-refractivity contribution < 1.29 is 9.53 Å². The molecular formula is C12H14N2O2. The van der Waals surface area contributed by atoms with Crippen LogP contribution in [0.3, 0.4) is 0 Å². The fourth-order valence-corrected chi connectivity index (χ4v) is 1.74. The van der Waals surface area contributed by atoms with Crippen molar-refractivity contribution in [3.05, 3.63) is 30.5 Å². The average Bonchev–Trinajstić information content (AvgIpc) is 2.61. The number of hydrogen-bond acceptors (Lipinski definition) is 2. The van der Waals surface area contributed by atoms with Crippen molar-refractivity contribution in [3.63, 3.8) is 0 Å². The smallest absolute Gasteiger partial charge is 0.237 e. The van der Waals surface area contributed by atoms with Crippen LogP contribution in [0.4, 0.5) is 0 Å². The number of rotatable bonds is 4. The maximum absolute atomic E-state index is 10.9. The summed E-state index contributed by atoms with van der Waals surface area (Å²) in [6, 6.07) is 7.73. The lowest BCUT2D eigenvalue weighted by Gasteiger charge is -2.04. The second-order valence-corrected chi connectivity index (χ2v) is 3.56. The third-order valence-electron chi connectivity index (χ3n) is 2.38. The monoisotopic (exact) mass is 218 g/mol. The molecule has 84 valence electrons. The van der Waals surface area contributed by atoms with Crippen LogP contribution in [0.5, 0.6) is 5.75 Å². The summed E-state index contributed by atoms with van der Waals surface area (Å²) in [6.45, 7) is 2.80. The van der Waals surface area contributed by atoms with Gasteiger partial charge in [-0.3, -0.25) is 4.79 Å². The highest BCUT2D eigenvalue weighted by atomic mass is 16.5. The number of carbonyl (C=O) groups is 1. The molecule has 16 heavy (non-hydrogen) atoms. The number of carbonyl (C=O) groups excluding carboxylic acids is 1. The lowest BCUT2D eigenvalue weighted by atomic mass is 10.2. The van der Waals surface area contributed by atoms with E-state index in [0.717, 1.165) is 16.7 Å². The Labute approximate surface area is 93.6 Å². The van der Waals surface area contributed by atoms with Gasteiger partial charge in [0.1, 0.15) is 12.3 Å². The summed E-state index contributed by atoms with van der Waals surface area (Å²) in [5, 5.41) is 1.05. The minimum Gasteiger partial charge on any atom is -0.494 e. The van der Waals surface area contributed by atoms with Crippen LogP contribution < -0.4 is 10.5 Å². The number of primary amides is 1. The molecule has 4 heteroatoms. The van der Waals surface area contributed by atoms with E-state index < -0.39 is 0 Å². The Hall–Kier alpha value is -1.97. The summed E-state index contributed by atoms with van der Waals surface area (Å²) >= 11 is 0. The molecule has 2 N–H and O–H groups in total. The number of benzene rings is 1. The molecule has 0 radical (unpaired) electrons. The first-order valence-corrected chi connectivity index (χ1v) is 5.20. The van der Waals surface area contributed by atoms with Gasteiger partial charge in [0.15, 0.2) is 0 Å². The van der Waals surface area contributed by atoms with E-state index in [1.807, 2.05) is 42.0 Å². The molecule has 0 atom stereocenters. The molecule has 1 aromatic carbocycles. The fraction of sp³-hybridized carbons (Fsp3) is 0.250. The van der Waals surface area contributed by atoms with Crippen LogP contribution in [0, 0.1) is 0 Å². The molecule has 0 saturated carbocycles. The molecule has 0 fully saturated rings. The van der Waals surface area contributed by atoms with Gasteiger partial charge in [-0.2, -0.15) is 0 Å². The average molecular weight is 218 g/mol. The quantitative estimate of drug-likeness (QED) is 0.846. The number of hydrogen-bond donors (Lipinski definition) is 1. The second kappa shape index (κ2) is 4.26. The van der Waals surface area contributed by atoms with Gasteiger partial charge in [-0.25, -0.2) is 0 Å². The molecule has 0 unspecified atom stereocenters. The van der Waals surface area contributed by atoms with Gasteiger partial charge in [-0.05, 0) is 31.2 Å². The summed E-state index contributed by atoms with van der Waals surface area (Å²) in [5.41, 5.74) is 6.16. The molecule has 1 amide bonds. The summed E-state index contributed by atoms with van der Waals surface area (Å²) in [7, 11) is 0. The van der Waals surface area contributed by atoms with Gasteiger partial charge in [0.05, 0.1) is 6.61 Å². The van der Waals surface area contributed by atoms with Crippen LogP contribution in [-0.4, -0.2) is 17.1 Å². The molecule has 0 aliphatic heterocycles. The minimum atomic E-state index is -0.341. The highest BCUT2D eigenvalue weighted by Gasteiger charge is 2.04. The molecule has 0 aliphatic rings. The Bertz CT molecular complexity index is 517. The van der Waals surface area contributed by atoms with E-state index in [0.29, 0.717) is 6.61 Å². The van der Waals surface area contributed by atoms with Crippen molar-refractivity contribution in [2.45, 2.75) is 13.5 Å². The summed E-state index contributed by atoms with van der Waals surface area (Å²) < 4.78 is 7.23. The van der Waals surface area contributed by atoms with Gasteiger partial charge < -0.3 is 15.0 Å². The fourth-order valence-electron chi connectivity index (χ4n) is 1.74. The van der Waals surface area contributed by atoms with Gasteiger partial charge in [0, 0.05) is 17.1 Å². The third kappa shape index (κ3) is 2.00. The van der Waals surface area contributed by atoms with Crippen LogP contribution >= 0.6 is 0 Å². The molecule has 2 rings (SSSR count). The zero-order chi connectivity index (χ0) is 11.5. The van der Waals surface area contributed by atoms with Gasteiger partial charge >= 0.3 is 0 Å². The Balaban J connectivity index is 2.38. The maximum Gasteiger partial charge on any atom is 0.237 e. The second-order valence-electron chi connectivity index (χ2n) is 3.56. The molecule has 0 saturated heterocycles. The standard InChI is InChI=1S/C12H14N2O2/c1-2-16-10-3-4-11-9(7-10)5-6-14(11)8-12(13)15/h3-7H,2,8H2,1H3,(H2,13,15). The summed E-state index contributed by atoms with van der Waals surface area (Å²) in [6.07, 6.45) is 1.85. The summed E-state index contributed by atoms with van der Waals surface area (Å²) in [5.74, 6) is 0.498. The number of fused-ring (bicyclic) bond motifs is 1. The number of nitrogens with zero attached hydrogens (tertiary/aromatic N) is 1. The van der Waals surface area contributed by atoms with E-state index in [1.165, 1.54) is 0 Å². The molecule has 0 spiro atoms. The van der Waals surface area contributed by atoms with E-state index >= 15 is 0 Å². The lowest BCUT2D eigenvalue weighted by Crippen LogP contribution is -2.17. The van der Waals surface area contributed by atoms with E-state index in [4.69, 9.17) is 10.5 Å². The Morgan fingerprint density at radius 2 is 2.25 bits per heavy atom. The number of ether oxygens (including phenoxy) is 1. The van der Waals surface area contributed by atoms with E-state index in [-0.39, 0.29) is 12.5 Å². The number of aromatic nitrogens is 1. The highest BCUT2D eigenvalue weighted by molar-refractivity contribution is 5.83. The Morgan fingerprint density at radius 1 is 1.44 bits per heavy atom. The molecular weight excluding hydrogens is 204 g/mol. The molecule has 1 aromatic heterocycles. The van der Waals surface area contributed by atoms with Crippen LogP contribution in [0.15, 0.2) is 30.5 Å². The van der Waals surface area contributed by atoms with Crippen LogP contribution in [-0.2, 0) is 11.3 Å². The van der Waals surface area contributed by atoms with E-state index in [1.54, 1.807) is 0 Å². The topological polar surface area (TPSA) is 57.2 Å². The lowest BCUT2D eigenvalue weighted by molar-refractivity contribution is -0.118.